The maximum atomic E-state index is 11.2. The second kappa shape index (κ2) is 6.79. The quantitative estimate of drug-likeness (QED) is 0.383. The van der Waals surface area contributed by atoms with Crippen LogP contribution in [0.3, 0.4) is 0 Å². The summed E-state index contributed by atoms with van der Waals surface area (Å²) in [5.74, 6) is -0.353. The van der Waals surface area contributed by atoms with Crippen molar-refractivity contribution in [1.82, 2.24) is 0 Å². The third-order valence-corrected chi connectivity index (χ3v) is 5.26. The van der Waals surface area contributed by atoms with Crippen LogP contribution >= 0.6 is 0 Å². The number of esters is 1. The first-order valence-corrected chi connectivity index (χ1v) is 8.43. The van der Waals surface area contributed by atoms with Gasteiger partial charge in [-0.25, -0.2) is 4.79 Å². The fourth-order valence-electron chi connectivity index (χ4n) is 1.46. The van der Waals surface area contributed by atoms with Crippen molar-refractivity contribution in [1.29, 1.82) is 0 Å². The predicted molar refractivity (Wildman–Crippen MR) is 64.1 cm³/mol. The molecule has 0 bridgehead atoms. The fraction of sp³-hybridized carbons (Fsp3) is 0.727. The summed E-state index contributed by atoms with van der Waals surface area (Å²) in [6, 6.07) is 0. The molecular weight excluding hydrogens is 208 g/mol. The lowest BCUT2D eigenvalue weighted by atomic mass is 10.3. The largest absolute Gasteiger partial charge is 0.460 e. The van der Waals surface area contributed by atoms with Gasteiger partial charge in [0.15, 0.2) is 0 Å². The van der Waals surface area contributed by atoms with E-state index in [1.54, 1.807) is 0 Å². The Morgan fingerprint density at radius 3 is 2.47 bits per heavy atom. The highest BCUT2D eigenvalue weighted by molar-refractivity contribution is 6.72. The highest BCUT2D eigenvalue weighted by atomic mass is 28.4. The Morgan fingerprint density at radius 2 is 2.07 bits per heavy atom. The van der Waals surface area contributed by atoms with E-state index in [-0.39, 0.29) is 11.7 Å². The lowest BCUT2D eigenvalue weighted by Crippen LogP contribution is -2.47. The summed E-state index contributed by atoms with van der Waals surface area (Å²) < 4.78 is 11.1. The van der Waals surface area contributed by atoms with Crippen LogP contribution in [0.5, 0.6) is 0 Å². The zero-order chi connectivity index (χ0) is 11.9. The van der Waals surface area contributed by atoms with Crippen molar-refractivity contribution in [3.8, 4) is 0 Å². The maximum absolute atomic E-state index is 11.2. The molecule has 1 unspecified atom stereocenters. The Kier molecular flexibility index (Phi) is 6.52. The average Bonchev–Trinajstić information content (AvgIpc) is 2.16. The van der Waals surface area contributed by atoms with Crippen LogP contribution in [0.25, 0.3) is 0 Å². The van der Waals surface area contributed by atoms with Crippen LogP contribution in [0.2, 0.25) is 13.1 Å². The van der Waals surface area contributed by atoms with Crippen LogP contribution in [-0.2, 0) is 14.0 Å². The number of hydrogen-bond acceptors (Lipinski definition) is 3. The Morgan fingerprint density at radius 1 is 1.47 bits per heavy atom. The molecule has 0 saturated carbocycles. The molecule has 0 fully saturated rings. The molecule has 0 aromatic rings. The topological polar surface area (TPSA) is 35.5 Å². The van der Waals surface area contributed by atoms with Crippen molar-refractivity contribution in [2.24, 2.45) is 0 Å². The Labute approximate surface area is 93.6 Å². The van der Waals surface area contributed by atoms with Crippen molar-refractivity contribution < 1.29 is 14.0 Å². The van der Waals surface area contributed by atoms with Gasteiger partial charge < -0.3 is 9.16 Å². The number of carbonyl (C=O) groups excluding carboxylic acids is 1. The highest BCUT2D eigenvalue weighted by Gasteiger charge is 2.35. The molecule has 15 heavy (non-hydrogen) atoms. The summed E-state index contributed by atoms with van der Waals surface area (Å²) in [6.07, 6.45) is 3.05. The molecule has 4 heteroatoms. The minimum absolute atomic E-state index is 0.0760. The standard InChI is InChI=1S/C11H22O3Si/c1-6-9-11(14-10(12)7-2)15(4,5)13-8-3/h7,11H,2,6,8-9H2,1,3-5H3. The van der Waals surface area contributed by atoms with E-state index >= 15 is 0 Å². The van der Waals surface area contributed by atoms with Gasteiger partial charge in [0.05, 0.1) is 0 Å². The second-order valence-electron chi connectivity index (χ2n) is 3.95. The van der Waals surface area contributed by atoms with Crippen LogP contribution in [-0.4, -0.2) is 26.6 Å². The Balaban J connectivity index is 4.48. The minimum atomic E-state index is -1.92. The van der Waals surface area contributed by atoms with Gasteiger partial charge in [-0.15, -0.1) is 0 Å². The summed E-state index contributed by atoms with van der Waals surface area (Å²) in [7, 11) is -1.92. The van der Waals surface area contributed by atoms with Crippen molar-refractivity contribution in [2.45, 2.75) is 45.5 Å². The number of carbonyl (C=O) groups is 1. The molecule has 0 amide bonds. The first-order chi connectivity index (χ1) is 6.97. The molecule has 0 aliphatic carbocycles. The zero-order valence-electron chi connectivity index (χ0n) is 10.2. The zero-order valence-corrected chi connectivity index (χ0v) is 11.2. The normalized spacial score (nSPS) is 13.3. The van der Waals surface area contributed by atoms with Crippen molar-refractivity contribution in [3.05, 3.63) is 12.7 Å². The molecule has 0 aliphatic heterocycles. The van der Waals surface area contributed by atoms with E-state index in [9.17, 15) is 4.79 Å². The lowest BCUT2D eigenvalue weighted by molar-refractivity contribution is -0.140. The minimum Gasteiger partial charge on any atom is -0.460 e. The van der Waals surface area contributed by atoms with Crippen LogP contribution in [0.15, 0.2) is 12.7 Å². The molecule has 88 valence electrons. The lowest BCUT2D eigenvalue weighted by Gasteiger charge is -2.30. The number of ether oxygens (including phenoxy) is 1. The highest BCUT2D eigenvalue weighted by Crippen LogP contribution is 2.18. The monoisotopic (exact) mass is 230 g/mol. The smallest absolute Gasteiger partial charge is 0.330 e. The molecule has 1 atom stereocenters. The summed E-state index contributed by atoms with van der Waals surface area (Å²) in [4.78, 5) is 11.2. The molecule has 0 aromatic heterocycles. The molecule has 0 saturated heterocycles. The van der Waals surface area contributed by atoms with Gasteiger partial charge in [-0.1, -0.05) is 19.9 Å². The molecule has 0 radical (unpaired) electrons. The van der Waals surface area contributed by atoms with Crippen molar-refractivity contribution in [3.63, 3.8) is 0 Å². The van der Waals surface area contributed by atoms with E-state index in [0.717, 1.165) is 12.8 Å². The van der Waals surface area contributed by atoms with Gasteiger partial charge in [0.25, 0.3) is 0 Å². The van der Waals surface area contributed by atoms with Gasteiger partial charge in [0, 0.05) is 12.7 Å². The van der Waals surface area contributed by atoms with Crippen LogP contribution in [0.4, 0.5) is 0 Å². The van der Waals surface area contributed by atoms with Gasteiger partial charge in [0.1, 0.15) is 5.73 Å². The molecule has 0 aliphatic rings. The van der Waals surface area contributed by atoms with Gasteiger partial charge >= 0.3 is 5.97 Å². The average molecular weight is 230 g/mol. The first kappa shape index (κ1) is 14.4. The van der Waals surface area contributed by atoms with Crippen LogP contribution < -0.4 is 0 Å². The van der Waals surface area contributed by atoms with E-state index in [1.807, 2.05) is 6.92 Å². The third-order valence-electron chi connectivity index (χ3n) is 2.27. The van der Waals surface area contributed by atoms with E-state index < -0.39 is 8.32 Å². The van der Waals surface area contributed by atoms with Gasteiger partial charge in [-0.2, -0.15) is 0 Å². The molecule has 0 N–H and O–H groups in total. The molecule has 3 nitrogen and oxygen atoms in total. The number of rotatable bonds is 7. The van der Waals surface area contributed by atoms with Crippen LogP contribution in [0, 0.1) is 0 Å². The van der Waals surface area contributed by atoms with E-state index in [4.69, 9.17) is 9.16 Å². The molecular formula is C11H22O3Si. The first-order valence-electron chi connectivity index (χ1n) is 5.44. The third kappa shape index (κ3) is 5.13. The molecule has 0 aromatic carbocycles. The molecule has 0 rings (SSSR count). The predicted octanol–water partition coefficient (Wildman–Crippen LogP) is 2.67. The SMILES string of the molecule is C=CC(=O)OC(CCC)[Si](C)(C)OCC. The Bertz CT molecular complexity index is 214. The number of hydrogen-bond donors (Lipinski definition) is 0. The second-order valence-corrected chi connectivity index (χ2v) is 8.09. The molecule has 0 heterocycles. The van der Waals surface area contributed by atoms with Gasteiger partial charge in [-0.05, 0) is 26.4 Å². The maximum Gasteiger partial charge on any atom is 0.330 e. The molecule has 0 spiro atoms. The van der Waals surface area contributed by atoms with Crippen molar-refractivity contribution >= 4 is 14.3 Å². The fourth-order valence-corrected chi connectivity index (χ4v) is 3.78. The van der Waals surface area contributed by atoms with Gasteiger partial charge in [-0.3, -0.25) is 0 Å². The summed E-state index contributed by atoms with van der Waals surface area (Å²) in [6.45, 7) is 12.3. The van der Waals surface area contributed by atoms with E-state index in [0.29, 0.717) is 6.61 Å². The van der Waals surface area contributed by atoms with Gasteiger partial charge in [0.2, 0.25) is 8.32 Å². The van der Waals surface area contributed by atoms with Crippen molar-refractivity contribution in [2.75, 3.05) is 6.61 Å². The van der Waals surface area contributed by atoms with Crippen LogP contribution in [0.1, 0.15) is 26.7 Å². The van der Waals surface area contributed by atoms with E-state index in [2.05, 4.69) is 26.6 Å². The van der Waals surface area contributed by atoms with E-state index in [1.165, 1.54) is 6.08 Å². The summed E-state index contributed by atoms with van der Waals surface area (Å²) in [5.41, 5.74) is -0.0760. The Hall–Kier alpha value is -0.613. The summed E-state index contributed by atoms with van der Waals surface area (Å²) in [5, 5.41) is 0. The summed E-state index contributed by atoms with van der Waals surface area (Å²) >= 11 is 0.